The van der Waals surface area contributed by atoms with Gasteiger partial charge < -0.3 is 15.5 Å². The van der Waals surface area contributed by atoms with Gasteiger partial charge in [0.2, 0.25) is 5.91 Å². The highest BCUT2D eigenvalue weighted by molar-refractivity contribution is 5.85. The van der Waals surface area contributed by atoms with Crippen molar-refractivity contribution in [3.05, 3.63) is 0 Å². The van der Waals surface area contributed by atoms with E-state index >= 15 is 0 Å². The monoisotopic (exact) mass is 313 g/mol. The SMILES string of the molecule is CNCCC(=O)NCCCN1CCC(C)CC1.Cl.Cl. The van der Waals surface area contributed by atoms with E-state index in [1.807, 2.05) is 7.05 Å². The van der Waals surface area contributed by atoms with Crippen molar-refractivity contribution in [2.45, 2.75) is 32.6 Å². The lowest BCUT2D eigenvalue weighted by Crippen LogP contribution is -2.35. The van der Waals surface area contributed by atoms with Gasteiger partial charge in [0.25, 0.3) is 0 Å². The molecule has 1 saturated heterocycles. The van der Waals surface area contributed by atoms with Crippen molar-refractivity contribution in [3.63, 3.8) is 0 Å². The Balaban J connectivity index is 0. The Hall–Kier alpha value is -0.0300. The number of nitrogens with one attached hydrogen (secondary N) is 2. The molecule has 0 aliphatic carbocycles. The van der Waals surface area contributed by atoms with E-state index in [0.717, 1.165) is 32.0 Å². The van der Waals surface area contributed by atoms with Crippen molar-refractivity contribution in [1.82, 2.24) is 15.5 Å². The maximum Gasteiger partial charge on any atom is 0.221 e. The molecule has 0 bridgehead atoms. The summed E-state index contributed by atoms with van der Waals surface area (Å²) in [5, 5.41) is 5.94. The lowest BCUT2D eigenvalue weighted by Gasteiger charge is -2.30. The zero-order chi connectivity index (χ0) is 12.5. The molecule has 6 heteroatoms. The van der Waals surface area contributed by atoms with Crippen LogP contribution in [0.15, 0.2) is 0 Å². The quantitative estimate of drug-likeness (QED) is 0.703. The summed E-state index contributed by atoms with van der Waals surface area (Å²) in [6.45, 7) is 7.49. The van der Waals surface area contributed by atoms with Crippen LogP contribution in [0.1, 0.15) is 32.6 Å². The smallest absolute Gasteiger partial charge is 0.221 e. The van der Waals surface area contributed by atoms with Crippen LogP contribution in [0.5, 0.6) is 0 Å². The van der Waals surface area contributed by atoms with Gasteiger partial charge in [0.15, 0.2) is 0 Å². The van der Waals surface area contributed by atoms with Gasteiger partial charge in [0.1, 0.15) is 0 Å². The Bertz CT molecular complexity index is 222. The number of piperidine rings is 1. The third kappa shape index (κ3) is 10.4. The molecule has 0 aromatic heterocycles. The molecule has 0 unspecified atom stereocenters. The summed E-state index contributed by atoms with van der Waals surface area (Å²) in [5.41, 5.74) is 0. The molecule has 1 aliphatic heterocycles. The fourth-order valence-corrected chi connectivity index (χ4v) is 2.14. The van der Waals surface area contributed by atoms with Gasteiger partial charge in [-0.2, -0.15) is 0 Å². The molecule has 0 atom stereocenters. The second-order valence-electron chi connectivity index (χ2n) is 5.08. The molecule has 19 heavy (non-hydrogen) atoms. The average Bonchev–Trinajstić information content (AvgIpc) is 2.34. The van der Waals surface area contributed by atoms with E-state index in [4.69, 9.17) is 0 Å². The number of carbonyl (C=O) groups excluding carboxylic acids is 1. The highest BCUT2D eigenvalue weighted by atomic mass is 35.5. The van der Waals surface area contributed by atoms with Gasteiger partial charge in [-0.1, -0.05) is 6.92 Å². The number of likely N-dealkylation sites (tertiary alicyclic amines) is 1. The van der Waals surface area contributed by atoms with Crippen LogP contribution >= 0.6 is 24.8 Å². The van der Waals surface area contributed by atoms with Crippen LogP contribution in [0.3, 0.4) is 0 Å². The van der Waals surface area contributed by atoms with Crippen molar-refractivity contribution in [1.29, 1.82) is 0 Å². The minimum atomic E-state index is 0. The third-order valence-corrected chi connectivity index (χ3v) is 3.45. The molecule has 0 aromatic carbocycles. The normalized spacial score (nSPS) is 16.3. The van der Waals surface area contributed by atoms with E-state index in [1.165, 1.54) is 25.9 Å². The second kappa shape index (κ2) is 13.0. The summed E-state index contributed by atoms with van der Waals surface area (Å²) < 4.78 is 0. The summed E-state index contributed by atoms with van der Waals surface area (Å²) in [4.78, 5) is 13.8. The average molecular weight is 314 g/mol. The zero-order valence-corrected chi connectivity index (χ0v) is 13.7. The summed E-state index contributed by atoms with van der Waals surface area (Å²) in [6, 6.07) is 0. The predicted octanol–water partition coefficient (Wildman–Crippen LogP) is 1.68. The minimum Gasteiger partial charge on any atom is -0.356 e. The van der Waals surface area contributed by atoms with Crippen LogP contribution in [0, 0.1) is 5.92 Å². The summed E-state index contributed by atoms with van der Waals surface area (Å²) >= 11 is 0. The predicted molar refractivity (Wildman–Crippen MR) is 85.5 cm³/mol. The van der Waals surface area contributed by atoms with Crippen LogP contribution in [0.25, 0.3) is 0 Å². The molecule has 1 fully saturated rings. The standard InChI is InChI=1S/C13H27N3O.2ClH/c1-12-5-10-16(11-6-12)9-3-7-15-13(17)4-8-14-2;;/h12,14H,3-11H2,1-2H3,(H,15,17);2*1H. The summed E-state index contributed by atoms with van der Waals surface area (Å²) in [5.74, 6) is 1.05. The van der Waals surface area contributed by atoms with Crippen LogP contribution in [-0.2, 0) is 4.79 Å². The Morgan fingerprint density at radius 3 is 2.42 bits per heavy atom. The van der Waals surface area contributed by atoms with Crippen LogP contribution in [0.4, 0.5) is 0 Å². The van der Waals surface area contributed by atoms with Gasteiger partial charge in [0, 0.05) is 19.5 Å². The summed E-state index contributed by atoms with van der Waals surface area (Å²) in [7, 11) is 1.87. The Kier molecular flexibility index (Phi) is 14.5. The molecule has 2 N–H and O–H groups in total. The number of nitrogens with zero attached hydrogens (tertiary/aromatic N) is 1. The van der Waals surface area contributed by atoms with Gasteiger partial charge in [-0.15, -0.1) is 24.8 Å². The van der Waals surface area contributed by atoms with Crippen LogP contribution < -0.4 is 10.6 Å². The highest BCUT2D eigenvalue weighted by Crippen LogP contribution is 2.15. The first-order valence-corrected chi connectivity index (χ1v) is 6.86. The number of rotatable bonds is 7. The number of hydrogen-bond acceptors (Lipinski definition) is 3. The van der Waals surface area contributed by atoms with E-state index in [2.05, 4.69) is 22.5 Å². The maximum atomic E-state index is 11.3. The fourth-order valence-electron chi connectivity index (χ4n) is 2.14. The number of amides is 1. The third-order valence-electron chi connectivity index (χ3n) is 3.45. The van der Waals surface area contributed by atoms with E-state index in [-0.39, 0.29) is 30.7 Å². The molecule has 116 valence electrons. The minimum absolute atomic E-state index is 0. The van der Waals surface area contributed by atoms with E-state index < -0.39 is 0 Å². The molecule has 4 nitrogen and oxygen atoms in total. The molecule has 1 aliphatic rings. The van der Waals surface area contributed by atoms with Gasteiger partial charge in [-0.05, 0) is 51.9 Å². The summed E-state index contributed by atoms with van der Waals surface area (Å²) in [6.07, 6.45) is 4.31. The Labute approximate surface area is 129 Å². The zero-order valence-electron chi connectivity index (χ0n) is 12.1. The molecule has 1 heterocycles. The number of halogens is 2. The van der Waals surface area contributed by atoms with Crippen LogP contribution in [-0.4, -0.2) is 50.6 Å². The second-order valence-corrected chi connectivity index (χ2v) is 5.08. The number of carbonyl (C=O) groups is 1. The van der Waals surface area contributed by atoms with Gasteiger partial charge in [-0.3, -0.25) is 4.79 Å². The van der Waals surface area contributed by atoms with Crippen LogP contribution in [0.2, 0.25) is 0 Å². The molecule has 0 radical (unpaired) electrons. The molecular weight excluding hydrogens is 285 g/mol. The molecule has 1 amide bonds. The van der Waals surface area contributed by atoms with E-state index in [0.29, 0.717) is 6.42 Å². The van der Waals surface area contributed by atoms with Crippen molar-refractivity contribution < 1.29 is 4.79 Å². The van der Waals surface area contributed by atoms with Gasteiger partial charge in [0.05, 0.1) is 0 Å². The van der Waals surface area contributed by atoms with E-state index in [9.17, 15) is 4.79 Å². The van der Waals surface area contributed by atoms with Crippen molar-refractivity contribution in [2.75, 3.05) is 39.8 Å². The largest absolute Gasteiger partial charge is 0.356 e. The van der Waals surface area contributed by atoms with Crippen molar-refractivity contribution in [2.24, 2.45) is 5.92 Å². The first-order valence-electron chi connectivity index (χ1n) is 6.86. The lowest BCUT2D eigenvalue weighted by molar-refractivity contribution is -0.121. The maximum absolute atomic E-state index is 11.3. The van der Waals surface area contributed by atoms with Crippen molar-refractivity contribution in [3.8, 4) is 0 Å². The highest BCUT2D eigenvalue weighted by Gasteiger charge is 2.14. The first-order chi connectivity index (χ1) is 8.22. The molecule has 1 rings (SSSR count). The molecule has 0 spiro atoms. The lowest BCUT2D eigenvalue weighted by atomic mass is 9.99. The Morgan fingerprint density at radius 2 is 1.84 bits per heavy atom. The Morgan fingerprint density at radius 1 is 1.21 bits per heavy atom. The number of hydrogen-bond donors (Lipinski definition) is 2. The first kappa shape index (κ1) is 21.3. The molecule has 0 aromatic rings. The molecule has 0 saturated carbocycles. The fraction of sp³-hybridized carbons (Fsp3) is 0.923. The van der Waals surface area contributed by atoms with E-state index in [1.54, 1.807) is 0 Å². The van der Waals surface area contributed by atoms with Gasteiger partial charge >= 0.3 is 0 Å². The topological polar surface area (TPSA) is 44.4 Å². The van der Waals surface area contributed by atoms with Gasteiger partial charge in [-0.25, -0.2) is 0 Å². The van der Waals surface area contributed by atoms with Crippen molar-refractivity contribution >= 4 is 30.7 Å². The molecular formula is C13H29Cl2N3O.